The van der Waals surface area contributed by atoms with Gasteiger partial charge in [-0.3, -0.25) is 4.79 Å². The Hall–Kier alpha value is -1.01. The van der Waals surface area contributed by atoms with Crippen molar-refractivity contribution in [1.82, 2.24) is 5.32 Å². The topological polar surface area (TPSA) is 29.1 Å². The van der Waals surface area contributed by atoms with Gasteiger partial charge in [0, 0.05) is 10.9 Å². The summed E-state index contributed by atoms with van der Waals surface area (Å²) in [6.07, 6.45) is -3.68. The number of alkyl halides is 3. The van der Waals surface area contributed by atoms with Crippen molar-refractivity contribution in [3.63, 3.8) is 0 Å². The SMILES string of the molecule is CC(NC(=O)C1CCCC(C(F)(F)F)C1)c1cc(F)c(Cl)cc1Cl. The molecule has 8 heteroatoms. The molecule has 1 aromatic carbocycles. The highest BCUT2D eigenvalue weighted by molar-refractivity contribution is 6.35. The third kappa shape index (κ3) is 4.54. The van der Waals surface area contributed by atoms with E-state index in [1.807, 2.05) is 0 Å². The molecule has 2 rings (SSSR count). The van der Waals surface area contributed by atoms with E-state index >= 15 is 0 Å². The van der Waals surface area contributed by atoms with Gasteiger partial charge in [-0.1, -0.05) is 29.6 Å². The lowest BCUT2D eigenvalue weighted by Crippen LogP contribution is -2.38. The first-order valence-electron chi connectivity index (χ1n) is 7.61. The van der Waals surface area contributed by atoms with Crippen LogP contribution in [0.5, 0.6) is 0 Å². The number of carbonyl (C=O) groups is 1. The summed E-state index contributed by atoms with van der Waals surface area (Å²) in [4.78, 5) is 12.3. The molecule has 3 unspecified atom stereocenters. The van der Waals surface area contributed by atoms with Gasteiger partial charge in [-0.15, -0.1) is 0 Å². The first kappa shape index (κ1) is 19.3. The van der Waals surface area contributed by atoms with Gasteiger partial charge in [-0.05, 0) is 43.9 Å². The number of amides is 1. The van der Waals surface area contributed by atoms with Gasteiger partial charge in [0.25, 0.3) is 0 Å². The third-order valence-electron chi connectivity index (χ3n) is 4.37. The van der Waals surface area contributed by atoms with Crippen LogP contribution in [0.4, 0.5) is 17.6 Å². The van der Waals surface area contributed by atoms with Gasteiger partial charge in [-0.2, -0.15) is 13.2 Å². The van der Waals surface area contributed by atoms with Gasteiger partial charge in [0.05, 0.1) is 17.0 Å². The molecule has 1 fully saturated rings. The Morgan fingerprint density at radius 2 is 1.92 bits per heavy atom. The predicted octanol–water partition coefficient (Wildman–Crippen LogP) is 5.68. The van der Waals surface area contributed by atoms with Crippen LogP contribution in [0.25, 0.3) is 0 Å². The Kier molecular flexibility index (Phi) is 6.02. The minimum absolute atomic E-state index is 0.0526. The average Bonchev–Trinajstić information content (AvgIpc) is 2.50. The average molecular weight is 386 g/mol. The van der Waals surface area contributed by atoms with Gasteiger partial charge in [0.2, 0.25) is 5.91 Å². The van der Waals surface area contributed by atoms with Crippen LogP contribution in [0, 0.1) is 17.7 Å². The molecule has 0 aromatic heterocycles. The van der Waals surface area contributed by atoms with Crippen LogP contribution in [-0.2, 0) is 4.79 Å². The van der Waals surface area contributed by atoms with E-state index in [-0.39, 0.29) is 22.9 Å². The molecule has 0 radical (unpaired) electrons. The number of hydrogen-bond donors (Lipinski definition) is 1. The fourth-order valence-corrected chi connectivity index (χ4v) is 3.55. The molecule has 24 heavy (non-hydrogen) atoms. The Morgan fingerprint density at radius 3 is 2.54 bits per heavy atom. The minimum Gasteiger partial charge on any atom is -0.349 e. The summed E-state index contributed by atoms with van der Waals surface area (Å²) in [5, 5.41) is 2.67. The molecular weight excluding hydrogens is 369 g/mol. The van der Waals surface area contributed by atoms with E-state index in [1.165, 1.54) is 6.07 Å². The van der Waals surface area contributed by atoms with E-state index in [2.05, 4.69) is 5.32 Å². The molecule has 0 aliphatic heterocycles. The molecule has 1 aliphatic carbocycles. The predicted molar refractivity (Wildman–Crippen MR) is 84.5 cm³/mol. The van der Waals surface area contributed by atoms with Crippen molar-refractivity contribution < 1.29 is 22.4 Å². The second-order valence-electron chi connectivity index (χ2n) is 6.12. The number of hydrogen-bond acceptors (Lipinski definition) is 1. The summed E-state index contributed by atoms with van der Waals surface area (Å²) in [5.41, 5.74) is 0.329. The molecule has 0 saturated heterocycles. The lowest BCUT2D eigenvalue weighted by molar-refractivity contribution is -0.186. The molecule has 2 nitrogen and oxygen atoms in total. The van der Waals surface area contributed by atoms with Crippen LogP contribution in [0.1, 0.15) is 44.2 Å². The maximum atomic E-state index is 13.6. The minimum atomic E-state index is -4.28. The molecule has 1 aliphatic rings. The lowest BCUT2D eigenvalue weighted by atomic mass is 9.80. The summed E-state index contributed by atoms with van der Waals surface area (Å²) in [6, 6.07) is 1.72. The van der Waals surface area contributed by atoms with Crippen molar-refractivity contribution in [2.45, 2.75) is 44.8 Å². The summed E-state index contributed by atoms with van der Waals surface area (Å²) < 4.78 is 52.1. The summed E-state index contributed by atoms with van der Waals surface area (Å²) in [6.45, 7) is 1.59. The fraction of sp³-hybridized carbons (Fsp3) is 0.562. The highest BCUT2D eigenvalue weighted by Gasteiger charge is 2.43. The Bertz CT molecular complexity index is 621. The largest absolute Gasteiger partial charge is 0.391 e. The first-order chi connectivity index (χ1) is 11.1. The molecule has 134 valence electrons. The normalized spacial score (nSPS) is 23.0. The lowest BCUT2D eigenvalue weighted by Gasteiger charge is -2.30. The Morgan fingerprint density at radius 1 is 1.25 bits per heavy atom. The van der Waals surface area contributed by atoms with Gasteiger partial charge in [0.15, 0.2) is 0 Å². The number of carbonyl (C=O) groups excluding carboxylic acids is 1. The second kappa shape index (κ2) is 7.48. The maximum absolute atomic E-state index is 13.6. The van der Waals surface area contributed by atoms with Crippen molar-refractivity contribution in [3.8, 4) is 0 Å². The fourth-order valence-electron chi connectivity index (χ4n) is 3.00. The summed E-state index contributed by atoms with van der Waals surface area (Å²) in [5.74, 6) is -3.30. The van der Waals surface area contributed by atoms with Crippen LogP contribution in [0.3, 0.4) is 0 Å². The van der Waals surface area contributed by atoms with E-state index in [1.54, 1.807) is 6.92 Å². The molecule has 1 N–H and O–H groups in total. The molecule has 3 atom stereocenters. The number of nitrogens with one attached hydrogen (secondary N) is 1. The van der Waals surface area contributed by atoms with Gasteiger partial charge < -0.3 is 5.32 Å². The van der Waals surface area contributed by atoms with Crippen LogP contribution < -0.4 is 5.32 Å². The zero-order chi connectivity index (χ0) is 18.1. The highest BCUT2D eigenvalue weighted by atomic mass is 35.5. The highest BCUT2D eigenvalue weighted by Crippen LogP contribution is 2.40. The Labute approximate surface area is 147 Å². The van der Waals surface area contributed by atoms with Gasteiger partial charge in [-0.25, -0.2) is 4.39 Å². The number of benzene rings is 1. The molecule has 0 spiro atoms. The summed E-state index contributed by atoms with van der Waals surface area (Å²) >= 11 is 11.6. The van der Waals surface area contributed by atoms with E-state index < -0.39 is 35.8 Å². The number of halogens is 6. The second-order valence-corrected chi connectivity index (χ2v) is 6.93. The Balaban J connectivity index is 2.05. The van der Waals surface area contributed by atoms with E-state index in [4.69, 9.17) is 23.2 Å². The van der Waals surface area contributed by atoms with Gasteiger partial charge >= 0.3 is 6.18 Å². The number of rotatable bonds is 3. The molecule has 0 heterocycles. The van der Waals surface area contributed by atoms with Crippen LogP contribution in [0.2, 0.25) is 10.0 Å². The summed E-state index contributed by atoms with van der Waals surface area (Å²) in [7, 11) is 0. The van der Waals surface area contributed by atoms with Gasteiger partial charge in [0.1, 0.15) is 5.82 Å². The van der Waals surface area contributed by atoms with Crippen LogP contribution >= 0.6 is 23.2 Å². The smallest absolute Gasteiger partial charge is 0.349 e. The van der Waals surface area contributed by atoms with Crippen molar-refractivity contribution in [1.29, 1.82) is 0 Å². The third-order valence-corrected chi connectivity index (χ3v) is 4.99. The maximum Gasteiger partial charge on any atom is 0.391 e. The zero-order valence-electron chi connectivity index (χ0n) is 12.9. The molecule has 1 amide bonds. The zero-order valence-corrected chi connectivity index (χ0v) is 14.4. The van der Waals surface area contributed by atoms with Crippen molar-refractivity contribution in [3.05, 3.63) is 33.6 Å². The quantitative estimate of drug-likeness (QED) is 0.526. The standard InChI is InChI=1S/C16H17Cl2F4NO/c1-8(11-6-14(19)13(18)7-12(11)17)23-15(24)9-3-2-4-10(5-9)16(20,21)22/h6-10H,2-5H2,1H3,(H,23,24). The monoisotopic (exact) mass is 385 g/mol. The van der Waals surface area contributed by atoms with Crippen LogP contribution in [0.15, 0.2) is 12.1 Å². The van der Waals surface area contributed by atoms with Crippen LogP contribution in [-0.4, -0.2) is 12.1 Å². The van der Waals surface area contributed by atoms with Crippen molar-refractivity contribution in [2.75, 3.05) is 0 Å². The molecule has 1 saturated carbocycles. The first-order valence-corrected chi connectivity index (χ1v) is 8.36. The molecular formula is C16H17Cl2F4NO. The van der Waals surface area contributed by atoms with E-state index in [9.17, 15) is 22.4 Å². The van der Waals surface area contributed by atoms with E-state index in [0.717, 1.165) is 6.07 Å². The molecule has 0 bridgehead atoms. The van der Waals surface area contributed by atoms with Crippen molar-refractivity contribution in [2.24, 2.45) is 11.8 Å². The molecule has 1 aromatic rings. The van der Waals surface area contributed by atoms with E-state index in [0.29, 0.717) is 18.4 Å². The van der Waals surface area contributed by atoms with Crippen molar-refractivity contribution >= 4 is 29.1 Å².